The molecule has 19 heavy (non-hydrogen) atoms. The van der Waals surface area contributed by atoms with Gasteiger partial charge in [0.05, 0.1) is 12.7 Å². The lowest BCUT2D eigenvalue weighted by atomic mass is 9.96. The molecule has 3 N–H and O–H groups in total. The van der Waals surface area contributed by atoms with Crippen LogP contribution in [0.4, 0.5) is 11.6 Å². The van der Waals surface area contributed by atoms with Gasteiger partial charge in [0.25, 0.3) is 0 Å². The monoisotopic (exact) mass is 268 g/mol. The van der Waals surface area contributed by atoms with Crippen LogP contribution in [0.1, 0.15) is 26.6 Å². The fraction of sp³-hybridized carbons (Fsp3) is 0.692. The third-order valence-electron chi connectivity index (χ3n) is 2.64. The average Bonchev–Trinajstić information content (AvgIpc) is 2.27. The van der Waals surface area contributed by atoms with Crippen LogP contribution in [0.25, 0.3) is 0 Å². The van der Waals surface area contributed by atoms with Crippen LogP contribution in [0.5, 0.6) is 0 Å². The molecule has 0 saturated heterocycles. The number of nitrogens with zero attached hydrogens (tertiary/aromatic N) is 3. The molecular weight excluding hydrogens is 244 g/mol. The van der Waals surface area contributed by atoms with Crippen molar-refractivity contribution < 1.29 is 9.84 Å². The van der Waals surface area contributed by atoms with Crippen molar-refractivity contribution >= 4 is 11.6 Å². The number of aromatic nitrogens is 2. The molecule has 6 nitrogen and oxygen atoms in total. The SMILES string of the molecule is COCC(O)CN(C)c1cc(N)nc(C(C)(C)C)n1. The van der Waals surface area contributed by atoms with Gasteiger partial charge in [-0.15, -0.1) is 0 Å². The standard InChI is InChI=1S/C13H24N4O2/c1-13(2,3)12-15-10(14)6-11(16-12)17(4)7-9(18)8-19-5/h6,9,18H,7-8H2,1-5H3,(H2,14,15,16). The van der Waals surface area contributed by atoms with E-state index in [0.717, 1.165) is 0 Å². The van der Waals surface area contributed by atoms with Crippen molar-refractivity contribution in [3.05, 3.63) is 11.9 Å². The first-order valence-electron chi connectivity index (χ1n) is 6.27. The van der Waals surface area contributed by atoms with E-state index in [1.807, 2.05) is 32.7 Å². The minimum Gasteiger partial charge on any atom is -0.389 e. The lowest BCUT2D eigenvalue weighted by Gasteiger charge is -2.24. The van der Waals surface area contributed by atoms with E-state index < -0.39 is 6.10 Å². The number of nitrogens with two attached hydrogens (primary N) is 1. The minimum absolute atomic E-state index is 0.171. The summed E-state index contributed by atoms with van der Waals surface area (Å²) < 4.78 is 4.91. The molecule has 0 aromatic carbocycles. The Morgan fingerprint density at radius 2 is 2.05 bits per heavy atom. The highest BCUT2D eigenvalue weighted by Gasteiger charge is 2.20. The van der Waals surface area contributed by atoms with Gasteiger partial charge in [0.1, 0.15) is 17.5 Å². The van der Waals surface area contributed by atoms with Crippen LogP contribution in [0.2, 0.25) is 0 Å². The number of anilines is 2. The van der Waals surface area contributed by atoms with Crippen molar-refractivity contribution in [3.8, 4) is 0 Å². The van der Waals surface area contributed by atoms with E-state index in [4.69, 9.17) is 10.5 Å². The second kappa shape index (κ2) is 6.16. The highest BCUT2D eigenvalue weighted by atomic mass is 16.5. The van der Waals surface area contributed by atoms with E-state index in [1.165, 1.54) is 0 Å². The summed E-state index contributed by atoms with van der Waals surface area (Å²) in [7, 11) is 3.41. The maximum atomic E-state index is 9.74. The summed E-state index contributed by atoms with van der Waals surface area (Å²) in [5, 5.41) is 9.74. The molecule has 1 unspecified atom stereocenters. The summed E-state index contributed by atoms with van der Waals surface area (Å²) in [5.74, 6) is 1.83. The Morgan fingerprint density at radius 3 is 2.58 bits per heavy atom. The van der Waals surface area contributed by atoms with Crippen LogP contribution in [0, 0.1) is 0 Å². The zero-order chi connectivity index (χ0) is 14.6. The number of hydrogen-bond donors (Lipinski definition) is 2. The van der Waals surface area contributed by atoms with E-state index in [1.54, 1.807) is 13.2 Å². The summed E-state index contributed by atoms with van der Waals surface area (Å²) in [4.78, 5) is 10.6. The first kappa shape index (κ1) is 15.7. The number of likely N-dealkylation sites (N-methyl/N-ethyl adjacent to an activating group) is 1. The number of aliphatic hydroxyl groups is 1. The molecular formula is C13H24N4O2. The zero-order valence-corrected chi connectivity index (χ0v) is 12.3. The van der Waals surface area contributed by atoms with E-state index in [2.05, 4.69) is 9.97 Å². The van der Waals surface area contributed by atoms with Crippen molar-refractivity contribution in [2.45, 2.75) is 32.3 Å². The maximum Gasteiger partial charge on any atom is 0.138 e. The van der Waals surface area contributed by atoms with Gasteiger partial charge >= 0.3 is 0 Å². The normalized spacial score (nSPS) is 13.4. The van der Waals surface area contributed by atoms with E-state index in [0.29, 0.717) is 24.0 Å². The summed E-state index contributed by atoms with van der Waals surface area (Å²) >= 11 is 0. The van der Waals surface area contributed by atoms with Gasteiger partial charge in [-0.05, 0) is 0 Å². The van der Waals surface area contributed by atoms with Gasteiger partial charge in [0.15, 0.2) is 0 Å². The number of hydrogen-bond acceptors (Lipinski definition) is 6. The van der Waals surface area contributed by atoms with Crippen LogP contribution in [-0.2, 0) is 10.2 Å². The molecule has 0 aliphatic rings. The molecule has 0 spiro atoms. The number of nitrogen functional groups attached to an aromatic ring is 1. The third kappa shape index (κ3) is 4.65. The first-order chi connectivity index (χ1) is 8.74. The molecule has 1 heterocycles. The Bertz CT molecular complexity index is 418. The van der Waals surface area contributed by atoms with Crippen molar-refractivity contribution in [2.75, 3.05) is 37.9 Å². The predicted molar refractivity (Wildman–Crippen MR) is 76.3 cm³/mol. The highest BCUT2D eigenvalue weighted by Crippen LogP contribution is 2.22. The predicted octanol–water partition coefficient (Wildman–Crippen LogP) is 0.800. The second-order valence-electron chi connectivity index (χ2n) is 5.71. The smallest absolute Gasteiger partial charge is 0.138 e. The lowest BCUT2D eigenvalue weighted by molar-refractivity contribution is 0.0694. The molecule has 1 aromatic heterocycles. The largest absolute Gasteiger partial charge is 0.389 e. The number of rotatable bonds is 5. The van der Waals surface area contributed by atoms with Gasteiger partial charge in [-0.25, -0.2) is 9.97 Å². The molecule has 0 aliphatic heterocycles. The van der Waals surface area contributed by atoms with Gasteiger partial charge in [0, 0.05) is 32.2 Å². The van der Waals surface area contributed by atoms with Gasteiger partial charge in [0.2, 0.25) is 0 Å². The molecule has 0 bridgehead atoms. The van der Waals surface area contributed by atoms with Crippen LogP contribution in [-0.4, -0.2) is 48.5 Å². The van der Waals surface area contributed by atoms with Crippen molar-refractivity contribution in [2.24, 2.45) is 0 Å². The van der Waals surface area contributed by atoms with Crippen LogP contribution < -0.4 is 10.6 Å². The minimum atomic E-state index is -0.565. The van der Waals surface area contributed by atoms with Crippen LogP contribution in [0.3, 0.4) is 0 Å². The van der Waals surface area contributed by atoms with E-state index >= 15 is 0 Å². The van der Waals surface area contributed by atoms with E-state index in [9.17, 15) is 5.11 Å². The Labute approximate surface area is 114 Å². The topological polar surface area (TPSA) is 84.5 Å². The third-order valence-corrected chi connectivity index (χ3v) is 2.64. The molecule has 0 aliphatic carbocycles. The zero-order valence-electron chi connectivity index (χ0n) is 12.3. The molecule has 0 fully saturated rings. The molecule has 1 rings (SSSR count). The molecule has 1 atom stereocenters. The van der Waals surface area contributed by atoms with Gasteiger partial charge in [-0.2, -0.15) is 0 Å². The number of ether oxygens (including phenoxy) is 1. The molecule has 0 saturated carbocycles. The lowest BCUT2D eigenvalue weighted by Crippen LogP contribution is -2.33. The summed E-state index contributed by atoms with van der Waals surface area (Å²) in [6, 6.07) is 1.70. The Kier molecular flexibility index (Phi) is 5.08. The quantitative estimate of drug-likeness (QED) is 0.821. The fourth-order valence-corrected chi connectivity index (χ4v) is 1.64. The average molecular weight is 268 g/mol. The van der Waals surface area contributed by atoms with Crippen LogP contribution >= 0.6 is 0 Å². The van der Waals surface area contributed by atoms with E-state index in [-0.39, 0.29) is 12.0 Å². The molecule has 1 aromatic rings. The van der Waals surface area contributed by atoms with Crippen molar-refractivity contribution in [1.29, 1.82) is 0 Å². The number of methoxy groups -OCH3 is 1. The fourth-order valence-electron chi connectivity index (χ4n) is 1.64. The molecule has 6 heteroatoms. The van der Waals surface area contributed by atoms with Crippen LogP contribution in [0.15, 0.2) is 6.07 Å². The summed E-state index contributed by atoms with van der Waals surface area (Å²) in [6.07, 6.45) is -0.565. The first-order valence-corrected chi connectivity index (χ1v) is 6.27. The van der Waals surface area contributed by atoms with Crippen molar-refractivity contribution in [1.82, 2.24) is 9.97 Å². The highest BCUT2D eigenvalue weighted by molar-refractivity contribution is 5.47. The summed E-state index contributed by atoms with van der Waals surface area (Å²) in [5.41, 5.74) is 5.65. The Morgan fingerprint density at radius 1 is 1.42 bits per heavy atom. The Balaban J connectivity index is 2.91. The molecule has 108 valence electrons. The summed E-state index contributed by atoms with van der Waals surface area (Å²) in [6.45, 7) is 6.81. The number of aliphatic hydroxyl groups excluding tert-OH is 1. The molecule has 0 amide bonds. The van der Waals surface area contributed by atoms with Gasteiger partial charge in [-0.3, -0.25) is 0 Å². The molecule has 0 radical (unpaired) electrons. The maximum absolute atomic E-state index is 9.74. The van der Waals surface area contributed by atoms with Gasteiger partial charge in [-0.1, -0.05) is 20.8 Å². The van der Waals surface area contributed by atoms with Crippen molar-refractivity contribution in [3.63, 3.8) is 0 Å². The van der Waals surface area contributed by atoms with Gasteiger partial charge < -0.3 is 20.5 Å². The Hall–Kier alpha value is -1.40. The second-order valence-corrected chi connectivity index (χ2v) is 5.71.